The van der Waals surface area contributed by atoms with Crippen LogP contribution in [0.2, 0.25) is 0 Å². The van der Waals surface area contributed by atoms with Gasteiger partial charge in [0.25, 0.3) is 0 Å². The van der Waals surface area contributed by atoms with Gasteiger partial charge in [0, 0.05) is 50.9 Å². The summed E-state index contributed by atoms with van der Waals surface area (Å²) >= 11 is 0. The molecule has 0 atom stereocenters. The molecule has 5 rings (SSSR count). The fourth-order valence-corrected chi connectivity index (χ4v) is 4.10. The number of halogens is 2. The van der Waals surface area contributed by atoms with Crippen LogP contribution in [-0.2, 0) is 16.6 Å². The Morgan fingerprint density at radius 1 is 1.10 bits per heavy atom. The Labute approximate surface area is 223 Å². The first kappa shape index (κ1) is 25.8. The van der Waals surface area contributed by atoms with E-state index in [2.05, 4.69) is 37.6 Å². The van der Waals surface area contributed by atoms with Gasteiger partial charge in [0.1, 0.15) is 17.5 Å². The van der Waals surface area contributed by atoms with Crippen molar-refractivity contribution in [2.45, 2.75) is 6.10 Å². The van der Waals surface area contributed by atoms with Crippen molar-refractivity contribution in [1.29, 1.82) is 0 Å². The zero-order valence-electron chi connectivity index (χ0n) is 21.3. The van der Waals surface area contributed by atoms with Gasteiger partial charge in [0.2, 0.25) is 11.9 Å². The van der Waals surface area contributed by atoms with Gasteiger partial charge in [-0.15, -0.1) is 0 Å². The summed E-state index contributed by atoms with van der Waals surface area (Å²) in [6, 6.07) is 8.91. The minimum Gasteiger partial charge on any atom is -0.378 e. The number of benzene rings is 2. The SMILES string of the molecule is C=CC(=O)Nc1ccc(F)c(Nc2nc(Nc3cnn(C)c3)ncc2-c2ccc(N3CC(OC)C3)c(F)c2)c1. The Morgan fingerprint density at radius 2 is 1.92 bits per heavy atom. The van der Waals surface area contributed by atoms with Crippen LogP contribution >= 0.6 is 0 Å². The quantitative estimate of drug-likeness (QED) is 0.269. The molecule has 0 saturated carbocycles. The number of ether oxygens (including phenoxy) is 1. The zero-order valence-corrected chi connectivity index (χ0v) is 21.3. The lowest BCUT2D eigenvalue weighted by Gasteiger charge is -2.40. The molecule has 4 aromatic rings. The summed E-state index contributed by atoms with van der Waals surface area (Å²) in [5.74, 6) is -0.990. The monoisotopic (exact) mass is 532 g/mol. The Kier molecular flexibility index (Phi) is 7.19. The van der Waals surface area contributed by atoms with E-state index in [9.17, 15) is 9.18 Å². The van der Waals surface area contributed by atoms with E-state index in [0.29, 0.717) is 41.3 Å². The first-order chi connectivity index (χ1) is 18.8. The van der Waals surface area contributed by atoms with E-state index in [1.807, 2.05) is 4.90 Å². The lowest BCUT2D eigenvalue weighted by molar-refractivity contribution is -0.111. The third-order valence-electron chi connectivity index (χ3n) is 6.20. The minimum atomic E-state index is -0.579. The minimum absolute atomic E-state index is 0.0485. The predicted octanol–water partition coefficient (Wildman–Crippen LogP) is 4.60. The lowest BCUT2D eigenvalue weighted by Crippen LogP contribution is -2.52. The second-order valence-corrected chi connectivity index (χ2v) is 8.93. The van der Waals surface area contributed by atoms with Gasteiger partial charge in [-0.25, -0.2) is 13.8 Å². The van der Waals surface area contributed by atoms with Gasteiger partial charge in [-0.1, -0.05) is 12.6 Å². The van der Waals surface area contributed by atoms with Crippen molar-refractivity contribution in [1.82, 2.24) is 19.7 Å². The molecular weight excluding hydrogens is 506 g/mol. The molecule has 0 aliphatic carbocycles. The Hall–Kier alpha value is -4.84. The topological polar surface area (TPSA) is 109 Å². The van der Waals surface area contributed by atoms with Gasteiger partial charge in [0.05, 0.1) is 29.4 Å². The Balaban J connectivity index is 1.50. The van der Waals surface area contributed by atoms with Crippen LogP contribution in [0.1, 0.15) is 0 Å². The fraction of sp³-hybridized carbons (Fsp3) is 0.185. The molecule has 0 bridgehead atoms. The van der Waals surface area contributed by atoms with Crippen molar-refractivity contribution < 1.29 is 18.3 Å². The van der Waals surface area contributed by atoms with Gasteiger partial charge < -0.3 is 25.6 Å². The molecule has 1 aliphatic rings. The highest BCUT2D eigenvalue weighted by molar-refractivity contribution is 5.99. The molecule has 1 amide bonds. The van der Waals surface area contributed by atoms with Crippen molar-refractivity contribution in [3.05, 3.63) is 79.3 Å². The summed E-state index contributed by atoms with van der Waals surface area (Å²) < 4.78 is 36.9. The summed E-state index contributed by atoms with van der Waals surface area (Å²) in [6.45, 7) is 4.64. The van der Waals surface area contributed by atoms with E-state index in [0.717, 1.165) is 6.08 Å². The van der Waals surface area contributed by atoms with E-state index in [-0.39, 0.29) is 23.6 Å². The van der Waals surface area contributed by atoms with Crippen LogP contribution in [0.4, 0.5) is 43.3 Å². The Bertz CT molecular complexity index is 1530. The van der Waals surface area contributed by atoms with Crippen LogP contribution in [0.25, 0.3) is 11.1 Å². The van der Waals surface area contributed by atoms with Crippen LogP contribution in [0, 0.1) is 11.6 Å². The molecule has 3 heterocycles. The highest BCUT2D eigenvalue weighted by Crippen LogP contribution is 2.35. The summed E-state index contributed by atoms with van der Waals surface area (Å²) in [4.78, 5) is 22.5. The maximum absolute atomic E-state index is 15.2. The summed E-state index contributed by atoms with van der Waals surface area (Å²) in [5, 5.41) is 12.7. The molecule has 1 aliphatic heterocycles. The molecule has 0 radical (unpaired) electrons. The Morgan fingerprint density at radius 3 is 2.62 bits per heavy atom. The molecule has 3 N–H and O–H groups in total. The van der Waals surface area contributed by atoms with Crippen molar-refractivity contribution >= 4 is 40.4 Å². The van der Waals surface area contributed by atoms with E-state index in [1.165, 1.54) is 30.5 Å². The largest absolute Gasteiger partial charge is 0.378 e. The van der Waals surface area contributed by atoms with Gasteiger partial charge in [-0.05, 0) is 42.0 Å². The lowest BCUT2D eigenvalue weighted by atomic mass is 10.0. The number of carbonyl (C=O) groups excluding carboxylic acids is 1. The maximum Gasteiger partial charge on any atom is 0.247 e. The standard InChI is InChI=1S/C27H26F2N8O2/c1-4-25(38)32-17-6-7-21(28)23(10-17)34-26-20(12-30-27(35-26)33-18-11-31-36(2)13-18)16-5-8-24(22(29)9-16)37-14-19(15-37)39-3/h4-13,19H,1,14-15H2,2-3H3,(H,32,38)(H2,30,33,34,35). The predicted molar refractivity (Wildman–Crippen MR) is 145 cm³/mol. The average Bonchev–Trinajstić information content (AvgIpc) is 3.30. The molecule has 2 aromatic carbocycles. The number of amides is 1. The van der Waals surface area contributed by atoms with E-state index >= 15 is 4.39 Å². The van der Waals surface area contributed by atoms with E-state index in [4.69, 9.17) is 4.74 Å². The van der Waals surface area contributed by atoms with Crippen molar-refractivity contribution in [2.75, 3.05) is 41.0 Å². The van der Waals surface area contributed by atoms with Gasteiger partial charge >= 0.3 is 0 Å². The maximum atomic E-state index is 15.2. The number of nitrogens with one attached hydrogen (secondary N) is 3. The molecule has 1 fully saturated rings. The average molecular weight is 533 g/mol. The summed E-state index contributed by atoms with van der Waals surface area (Å²) in [7, 11) is 3.41. The first-order valence-corrected chi connectivity index (χ1v) is 12.0. The molecule has 0 unspecified atom stereocenters. The van der Waals surface area contributed by atoms with Crippen molar-refractivity contribution in [3.8, 4) is 11.1 Å². The number of carbonyl (C=O) groups is 1. The van der Waals surface area contributed by atoms with Crippen molar-refractivity contribution in [3.63, 3.8) is 0 Å². The molecule has 39 heavy (non-hydrogen) atoms. The number of hydrogen-bond acceptors (Lipinski definition) is 8. The van der Waals surface area contributed by atoms with Gasteiger partial charge in [0.15, 0.2) is 0 Å². The molecule has 0 spiro atoms. The molecule has 10 nitrogen and oxygen atoms in total. The van der Waals surface area contributed by atoms with E-state index < -0.39 is 17.5 Å². The number of aromatic nitrogens is 4. The van der Waals surface area contributed by atoms with Crippen LogP contribution in [0.3, 0.4) is 0 Å². The molecule has 2 aromatic heterocycles. The molecule has 12 heteroatoms. The number of methoxy groups -OCH3 is 1. The fourth-order valence-electron chi connectivity index (χ4n) is 4.10. The van der Waals surface area contributed by atoms with Crippen LogP contribution in [0.5, 0.6) is 0 Å². The van der Waals surface area contributed by atoms with Gasteiger partial charge in [-0.2, -0.15) is 10.1 Å². The first-order valence-electron chi connectivity index (χ1n) is 12.0. The molecule has 1 saturated heterocycles. The number of nitrogens with zero attached hydrogens (tertiary/aromatic N) is 5. The number of aryl methyl sites for hydroxylation is 1. The van der Waals surface area contributed by atoms with Crippen LogP contribution < -0.4 is 20.9 Å². The highest BCUT2D eigenvalue weighted by atomic mass is 19.1. The number of rotatable bonds is 9. The van der Waals surface area contributed by atoms with Crippen LogP contribution in [0.15, 0.2) is 67.6 Å². The second-order valence-electron chi connectivity index (χ2n) is 8.93. The molecule has 200 valence electrons. The number of hydrogen-bond donors (Lipinski definition) is 3. The third-order valence-corrected chi connectivity index (χ3v) is 6.20. The van der Waals surface area contributed by atoms with Crippen LogP contribution in [-0.4, -0.2) is 52.0 Å². The van der Waals surface area contributed by atoms with Crippen molar-refractivity contribution in [2.24, 2.45) is 7.05 Å². The third kappa shape index (κ3) is 5.70. The highest BCUT2D eigenvalue weighted by Gasteiger charge is 2.28. The normalized spacial score (nSPS) is 13.1. The zero-order chi connectivity index (χ0) is 27.5. The molecular formula is C27H26F2N8O2. The van der Waals surface area contributed by atoms with Gasteiger partial charge in [-0.3, -0.25) is 9.48 Å². The second kappa shape index (κ2) is 10.9. The number of anilines is 6. The summed E-state index contributed by atoms with van der Waals surface area (Å²) in [6.07, 6.45) is 6.06. The summed E-state index contributed by atoms with van der Waals surface area (Å²) in [5.41, 5.74) is 2.45. The van der Waals surface area contributed by atoms with E-state index in [1.54, 1.807) is 43.4 Å². The smallest absolute Gasteiger partial charge is 0.247 e.